The van der Waals surface area contributed by atoms with Crippen LogP contribution >= 0.6 is 11.6 Å². The minimum atomic E-state index is -0.443. The minimum Gasteiger partial charge on any atom is -0.465 e. The maximum Gasteiger partial charge on any atom is 0.325 e. The molecule has 0 bridgehead atoms. The van der Waals surface area contributed by atoms with Crippen molar-refractivity contribution in [1.82, 2.24) is 4.90 Å². The van der Waals surface area contributed by atoms with Gasteiger partial charge in [0.1, 0.15) is 6.54 Å². The third-order valence-electron chi connectivity index (χ3n) is 2.51. The van der Waals surface area contributed by atoms with Crippen LogP contribution in [0.3, 0.4) is 0 Å². The van der Waals surface area contributed by atoms with Gasteiger partial charge in [-0.1, -0.05) is 11.6 Å². The number of halogens is 1. The Bertz CT molecular complexity index is 477. The second-order valence-electron chi connectivity index (χ2n) is 3.91. The molecular weight excluding hydrogens is 268 g/mol. The van der Waals surface area contributed by atoms with E-state index in [0.29, 0.717) is 17.2 Å². The summed E-state index contributed by atoms with van der Waals surface area (Å²) in [5.41, 5.74) is 1.17. The van der Waals surface area contributed by atoms with Crippen molar-refractivity contribution in [1.29, 1.82) is 0 Å². The zero-order valence-electron chi connectivity index (χ0n) is 11.2. The lowest BCUT2D eigenvalue weighted by Gasteiger charge is -2.17. The number of carbonyl (C=O) groups excluding carboxylic acids is 2. The fraction of sp³-hybridized carbons (Fsp3) is 0.385. The van der Waals surface area contributed by atoms with Gasteiger partial charge in [0.15, 0.2) is 0 Å². The number of rotatable bonds is 5. The van der Waals surface area contributed by atoms with Crippen molar-refractivity contribution >= 4 is 29.2 Å². The van der Waals surface area contributed by atoms with Gasteiger partial charge in [-0.3, -0.25) is 9.59 Å². The number of likely N-dealkylation sites (N-methyl/N-ethyl adjacent to an activating group) is 1. The fourth-order valence-corrected chi connectivity index (χ4v) is 1.78. The maximum absolute atomic E-state index is 12.1. The van der Waals surface area contributed by atoms with E-state index in [4.69, 9.17) is 16.3 Å². The number of benzene rings is 1. The SMILES string of the molecule is CCOC(=O)CN(C)C(=O)c1ccc(NC)cc1Cl. The Kier molecular flexibility index (Phi) is 5.63. The first-order chi connectivity index (χ1) is 8.99. The van der Waals surface area contributed by atoms with E-state index in [2.05, 4.69) is 5.32 Å². The van der Waals surface area contributed by atoms with Crippen LogP contribution in [0.15, 0.2) is 18.2 Å². The van der Waals surface area contributed by atoms with Gasteiger partial charge in [0.2, 0.25) is 0 Å². The number of ether oxygens (including phenoxy) is 1. The molecule has 5 nitrogen and oxygen atoms in total. The topological polar surface area (TPSA) is 58.6 Å². The van der Waals surface area contributed by atoms with E-state index >= 15 is 0 Å². The van der Waals surface area contributed by atoms with Gasteiger partial charge >= 0.3 is 5.97 Å². The van der Waals surface area contributed by atoms with Crippen molar-refractivity contribution in [2.24, 2.45) is 0 Å². The minimum absolute atomic E-state index is 0.100. The van der Waals surface area contributed by atoms with Crippen molar-refractivity contribution in [3.05, 3.63) is 28.8 Å². The summed E-state index contributed by atoms with van der Waals surface area (Å²) in [5, 5.41) is 3.27. The highest BCUT2D eigenvalue weighted by molar-refractivity contribution is 6.34. The monoisotopic (exact) mass is 284 g/mol. The van der Waals surface area contributed by atoms with Crippen LogP contribution in [-0.2, 0) is 9.53 Å². The lowest BCUT2D eigenvalue weighted by molar-refractivity contribution is -0.143. The normalized spacial score (nSPS) is 9.89. The van der Waals surface area contributed by atoms with E-state index in [1.807, 2.05) is 0 Å². The molecule has 0 aliphatic rings. The molecule has 6 heteroatoms. The van der Waals surface area contributed by atoms with Crippen LogP contribution in [0.5, 0.6) is 0 Å². The fourth-order valence-electron chi connectivity index (χ4n) is 1.52. The smallest absolute Gasteiger partial charge is 0.325 e. The van der Waals surface area contributed by atoms with Gasteiger partial charge in [0.05, 0.1) is 17.2 Å². The van der Waals surface area contributed by atoms with Crippen LogP contribution in [-0.4, -0.2) is 44.0 Å². The molecule has 19 heavy (non-hydrogen) atoms. The summed E-state index contributed by atoms with van der Waals surface area (Å²) in [4.78, 5) is 24.7. The molecule has 0 spiro atoms. The lowest BCUT2D eigenvalue weighted by Crippen LogP contribution is -2.33. The number of hydrogen-bond donors (Lipinski definition) is 1. The lowest BCUT2D eigenvalue weighted by atomic mass is 10.2. The molecule has 1 aromatic carbocycles. The van der Waals surface area contributed by atoms with Gasteiger partial charge < -0.3 is 15.0 Å². The average Bonchev–Trinajstić information content (AvgIpc) is 2.37. The third kappa shape index (κ3) is 4.13. The van der Waals surface area contributed by atoms with Crippen molar-refractivity contribution < 1.29 is 14.3 Å². The van der Waals surface area contributed by atoms with Crippen LogP contribution < -0.4 is 5.32 Å². The first-order valence-electron chi connectivity index (χ1n) is 5.88. The first-order valence-corrected chi connectivity index (χ1v) is 6.25. The number of carbonyl (C=O) groups is 2. The summed E-state index contributed by atoms with van der Waals surface area (Å²) in [5.74, 6) is -0.762. The van der Waals surface area contributed by atoms with Crippen LogP contribution in [0, 0.1) is 0 Å². The van der Waals surface area contributed by atoms with E-state index in [1.54, 1.807) is 32.2 Å². The van der Waals surface area contributed by atoms with E-state index < -0.39 is 5.97 Å². The highest BCUT2D eigenvalue weighted by Crippen LogP contribution is 2.21. The van der Waals surface area contributed by atoms with Gasteiger partial charge in [0.25, 0.3) is 5.91 Å². The van der Waals surface area contributed by atoms with Crippen LogP contribution in [0.2, 0.25) is 5.02 Å². The van der Waals surface area contributed by atoms with Crippen molar-refractivity contribution in [3.63, 3.8) is 0 Å². The molecule has 0 unspecified atom stereocenters. The Morgan fingerprint density at radius 2 is 2.11 bits per heavy atom. The molecule has 0 radical (unpaired) electrons. The molecule has 0 saturated heterocycles. The molecule has 0 aromatic heterocycles. The highest BCUT2D eigenvalue weighted by atomic mass is 35.5. The van der Waals surface area contributed by atoms with Gasteiger partial charge in [-0.2, -0.15) is 0 Å². The van der Waals surface area contributed by atoms with Gasteiger partial charge in [-0.25, -0.2) is 0 Å². The summed E-state index contributed by atoms with van der Waals surface area (Å²) >= 11 is 6.04. The zero-order chi connectivity index (χ0) is 14.4. The molecule has 0 saturated carbocycles. The van der Waals surface area contributed by atoms with Crippen molar-refractivity contribution in [3.8, 4) is 0 Å². The molecule has 104 valence electrons. The van der Waals surface area contributed by atoms with Gasteiger partial charge in [-0.15, -0.1) is 0 Å². The van der Waals surface area contributed by atoms with E-state index in [1.165, 1.54) is 11.9 Å². The summed E-state index contributed by atoms with van der Waals surface area (Å²) in [6.45, 7) is 1.91. The van der Waals surface area contributed by atoms with Gasteiger partial charge in [-0.05, 0) is 25.1 Å². The second-order valence-corrected chi connectivity index (χ2v) is 4.32. The summed E-state index contributed by atoms with van der Waals surface area (Å²) < 4.78 is 4.79. The van der Waals surface area contributed by atoms with Crippen LogP contribution in [0.1, 0.15) is 17.3 Å². The molecule has 1 aromatic rings. The third-order valence-corrected chi connectivity index (χ3v) is 2.82. The first kappa shape index (κ1) is 15.3. The van der Waals surface area contributed by atoms with Crippen LogP contribution in [0.4, 0.5) is 5.69 Å². The predicted molar refractivity (Wildman–Crippen MR) is 74.6 cm³/mol. The van der Waals surface area contributed by atoms with Crippen molar-refractivity contribution in [2.45, 2.75) is 6.92 Å². The van der Waals surface area contributed by atoms with Crippen LogP contribution in [0.25, 0.3) is 0 Å². The number of nitrogens with zero attached hydrogens (tertiary/aromatic N) is 1. The van der Waals surface area contributed by atoms with Gasteiger partial charge in [0, 0.05) is 19.8 Å². The summed E-state index contributed by atoms with van der Waals surface area (Å²) in [7, 11) is 3.29. The standard InChI is InChI=1S/C13H17ClN2O3/c1-4-19-12(17)8-16(3)13(18)10-6-5-9(15-2)7-11(10)14/h5-7,15H,4,8H2,1-3H3. The molecule has 0 aliphatic heterocycles. The second kappa shape index (κ2) is 6.99. The molecular formula is C13H17ClN2O3. The van der Waals surface area contributed by atoms with Crippen molar-refractivity contribution in [2.75, 3.05) is 32.6 Å². The summed E-state index contributed by atoms with van der Waals surface area (Å²) in [6, 6.07) is 5.03. The molecule has 0 aliphatic carbocycles. The Morgan fingerprint density at radius 1 is 1.42 bits per heavy atom. The Labute approximate surface area is 117 Å². The summed E-state index contributed by atoms with van der Waals surface area (Å²) in [6.07, 6.45) is 0. The molecule has 1 amide bonds. The Hall–Kier alpha value is -1.75. The maximum atomic E-state index is 12.1. The zero-order valence-corrected chi connectivity index (χ0v) is 12.0. The quantitative estimate of drug-likeness (QED) is 0.841. The largest absolute Gasteiger partial charge is 0.465 e. The molecule has 1 rings (SSSR count). The number of hydrogen-bond acceptors (Lipinski definition) is 4. The molecule has 1 N–H and O–H groups in total. The number of anilines is 1. The highest BCUT2D eigenvalue weighted by Gasteiger charge is 2.18. The molecule has 0 atom stereocenters. The number of esters is 1. The van der Waals surface area contributed by atoms with E-state index in [-0.39, 0.29) is 12.5 Å². The predicted octanol–water partition coefficient (Wildman–Crippen LogP) is 2.02. The van der Waals surface area contributed by atoms with E-state index in [9.17, 15) is 9.59 Å². The van der Waals surface area contributed by atoms with E-state index in [0.717, 1.165) is 5.69 Å². The Balaban J connectivity index is 2.79. The number of nitrogens with one attached hydrogen (secondary N) is 1. The Morgan fingerprint density at radius 3 is 2.63 bits per heavy atom. The number of amides is 1. The molecule has 0 fully saturated rings. The average molecular weight is 285 g/mol. The molecule has 0 heterocycles.